The molecule has 1 fully saturated rings. The van der Waals surface area contributed by atoms with Gasteiger partial charge in [0.2, 0.25) is 5.91 Å². The van der Waals surface area contributed by atoms with Gasteiger partial charge < -0.3 is 15.4 Å². The summed E-state index contributed by atoms with van der Waals surface area (Å²) in [5, 5.41) is 1.03. The summed E-state index contributed by atoms with van der Waals surface area (Å²) in [5.41, 5.74) is 5.18. The summed E-state index contributed by atoms with van der Waals surface area (Å²) in [5.74, 6) is 0.347. The van der Waals surface area contributed by atoms with Gasteiger partial charge in [-0.05, 0) is 13.1 Å². The number of halogens is 2. The van der Waals surface area contributed by atoms with Crippen molar-refractivity contribution in [3.8, 4) is 0 Å². The molecule has 0 unspecified atom stereocenters. The Balaban J connectivity index is 1.98. The topological polar surface area (TPSA) is 71.7 Å². The molecule has 1 amide bonds. The number of morpholine rings is 1. The Morgan fingerprint density at radius 2 is 2.38 bits per heavy atom. The number of hydrogen-bond donors (Lipinski definition) is 1. The lowest BCUT2D eigenvalue weighted by atomic mass is 10.2. The number of hydrogen-bond acceptors (Lipinski definition) is 5. The molecule has 0 saturated carbocycles. The van der Waals surface area contributed by atoms with Crippen LogP contribution in [0.2, 0.25) is 10.0 Å². The van der Waals surface area contributed by atoms with Gasteiger partial charge >= 0.3 is 0 Å². The van der Waals surface area contributed by atoms with Crippen molar-refractivity contribution in [2.75, 3.05) is 44.7 Å². The van der Waals surface area contributed by atoms with Crippen LogP contribution in [0.25, 0.3) is 0 Å². The zero-order valence-corrected chi connectivity index (χ0v) is 13.3. The number of primary amides is 1. The van der Waals surface area contributed by atoms with Crippen LogP contribution >= 0.6 is 23.2 Å². The SMILES string of the molecule is CN(CC(N)=O)C[C@@H]1CN(c2ncc(Cl)cc2Cl)CCO1. The number of nitrogens with two attached hydrogens (primary N) is 1. The lowest BCUT2D eigenvalue weighted by Gasteiger charge is -2.35. The molecule has 1 aromatic heterocycles. The van der Waals surface area contributed by atoms with Gasteiger partial charge in [0.25, 0.3) is 0 Å². The lowest BCUT2D eigenvalue weighted by molar-refractivity contribution is -0.119. The zero-order chi connectivity index (χ0) is 15.4. The first-order valence-electron chi connectivity index (χ1n) is 6.60. The van der Waals surface area contributed by atoms with E-state index in [4.69, 9.17) is 33.7 Å². The molecule has 1 atom stereocenters. The van der Waals surface area contributed by atoms with Crippen LogP contribution in [0.15, 0.2) is 12.3 Å². The summed E-state index contributed by atoms with van der Waals surface area (Å²) in [6, 6.07) is 1.68. The summed E-state index contributed by atoms with van der Waals surface area (Å²) < 4.78 is 5.71. The predicted octanol–water partition coefficient (Wildman–Crippen LogP) is 1.01. The average Bonchev–Trinajstić information content (AvgIpc) is 2.37. The maximum atomic E-state index is 10.9. The van der Waals surface area contributed by atoms with Crippen molar-refractivity contribution < 1.29 is 9.53 Å². The molecule has 1 aromatic rings. The number of ether oxygens (including phenoxy) is 1. The fraction of sp³-hybridized carbons (Fsp3) is 0.538. The van der Waals surface area contributed by atoms with Crippen LogP contribution in [0.1, 0.15) is 0 Å². The van der Waals surface area contributed by atoms with E-state index in [1.807, 2.05) is 11.9 Å². The van der Waals surface area contributed by atoms with Crippen LogP contribution in [-0.4, -0.2) is 61.7 Å². The average molecular weight is 333 g/mol. The predicted molar refractivity (Wildman–Crippen MR) is 82.9 cm³/mol. The second-order valence-electron chi connectivity index (χ2n) is 5.06. The quantitative estimate of drug-likeness (QED) is 0.871. The second-order valence-corrected chi connectivity index (χ2v) is 5.90. The number of pyridine rings is 1. The van der Waals surface area contributed by atoms with Crippen molar-refractivity contribution in [1.82, 2.24) is 9.88 Å². The lowest BCUT2D eigenvalue weighted by Crippen LogP contribution is -2.48. The molecular weight excluding hydrogens is 315 g/mol. The monoisotopic (exact) mass is 332 g/mol. The van der Waals surface area contributed by atoms with Gasteiger partial charge in [0, 0.05) is 25.8 Å². The number of carbonyl (C=O) groups is 1. The zero-order valence-electron chi connectivity index (χ0n) is 11.8. The van der Waals surface area contributed by atoms with Gasteiger partial charge in [-0.25, -0.2) is 4.98 Å². The highest BCUT2D eigenvalue weighted by molar-refractivity contribution is 6.36. The third-order valence-electron chi connectivity index (χ3n) is 3.17. The molecule has 0 aromatic carbocycles. The Morgan fingerprint density at radius 3 is 3.05 bits per heavy atom. The van der Waals surface area contributed by atoms with Crippen LogP contribution in [0.4, 0.5) is 5.82 Å². The Labute approximate surface area is 133 Å². The highest BCUT2D eigenvalue weighted by Crippen LogP contribution is 2.27. The van der Waals surface area contributed by atoms with Crippen molar-refractivity contribution >= 4 is 34.9 Å². The minimum absolute atomic E-state index is 0.0309. The fourth-order valence-electron chi connectivity index (χ4n) is 2.34. The Kier molecular flexibility index (Phi) is 5.64. The first-order chi connectivity index (χ1) is 9.95. The van der Waals surface area contributed by atoms with Crippen LogP contribution in [0.3, 0.4) is 0 Å². The highest BCUT2D eigenvalue weighted by Gasteiger charge is 2.24. The maximum Gasteiger partial charge on any atom is 0.231 e. The minimum Gasteiger partial charge on any atom is -0.373 e. The normalized spacial score (nSPS) is 19.0. The van der Waals surface area contributed by atoms with E-state index in [2.05, 4.69) is 9.88 Å². The number of amides is 1. The molecule has 21 heavy (non-hydrogen) atoms. The highest BCUT2D eigenvalue weighted by atomic mass is 35.5. The van der Waals surface area contributed by atoms with E-state index in [-0.39, 0.29) is 18.6 Å². The molecule has 0 aliphatic carbocycles. The van der Waals surface area contributed by atoms with E-state index in [9.17, 15) is 4.79 Å². The van der Waals surface area contributed by atoms with Crippen molar-refractivity contribution in [2.45, 2.75) is 6.10 Å². The molecule has 0 bridgehead atoms. The number of nitrogens with zero attached hydrogens (tertiary/aromatic N) is 3. The molecule has 0 radical (unpaired) electrons. The molecule has 1 aliphatic rings. The van der Waals surface area contributed by atoms with E-state index in [1.54, 1.807) is 12.3 Å². The van der Waals surface area contributed by atoms with Gasteiger partial charge in [0.1, 0.15) is 5.82 Å². The van der Waals surface area contributed by atoms with E-state index >= 15 is 0 Å². The van der Waals surface area contributed by atoms with E-state index < -0.39 is 0 Å². The van der Waals surface area contributed by atoms with Crippen molar-refractivity contribution in [3.63, 3.8) is 0 Å². The maximum absolute atomic E-state index is 10.9. The molecule has 1 saturated heterocycles. The van der Waals surface area contributed by atoms with Crippen LogP contribution in [0, 0.1) is 0 Å². The summed E-state index contributed by atoms with van der Waals surface area (Å²) in [6.07, 6.45) is 1.54. The third-order valence-corrected chi connectivity index (χ3v) is 3.65. The second kappa shape index (κ2) is 7.26. The number of aromatic nitrogens is 1. The van der Waals surface area contributed by atoms with Gasteiger partial charge in [0.05, 0.1) is 29.3 Å². The van der Waals surface area contributed by atoms with Gasteiger partial charge in [0.15, 0.2) is 0 Å². The molecule has 2 heterocycles. The van der Waals surface area contributed by atoms with Gasteiger partial charge in [-0.15, -0.1) is 0 Å². The number of anilines is 1. The molecule has 2 N–H and O–H groups in total. The van der Waals surface area contributed by atoms with E-state index in [0.29, 0.717) is 42.1 Å². The Hall–Kier alpha value is -1.08. The van der Waals surface area contributed by atoms with Crippen molar-refractivity contribution in [2.24, 2.45) is 5.73 Å². The van der Waals surface area contributed by atoms with Crippen molar-refractivity contribution in [1.29, 1.82) is 0 Å². The fourth-order valence-corrected chi connectivity index (χ4v) is 2.84. The number of rotatable bonds is 5. The van der Waals surface area contributed by atoms with Crippen LogP contribution in [0.5, 0.6) is 0 Å². The first kappa shape index (κ1) is 16.3. The molecule has 116 valence electrons. The van der Waals surface area contributed by atoms with Gasteiger partial charge in [-0.1, -0.05) is 23.2 Å². The molecule has 8 heteroatoms. The smallest absolute Gasteiger partial charge is 0.231 e. The minimum atomic E-state index is -0.354. The molecule has 0 spiro atoms. The third kappa shape index (κ3) is 4.71. The first-order valence-corrected chi connectivity index (χ1v) is 7.35. The summed E-state index contributed by atoms with van der Waals surface area (Å²) in [4.78, 5) is 19.1. The Bertz CT molecular complexity index is 515. The summed E-state index contributed by atoms with van der Waals surface area (Å²) >= 11 is 12.0. The largest absolute Gasteiger partial charge is 0.373 e. The summed E-state index contributed by atoms with van der Waals surface area (Å²) in [7, 11) is 1.83. The van der Waals surface area contributed by atoms with Gasteiger partial charge in [-0.3, -0.25) is 9.69 Å². The van der Waals surface area contributed by atoms with Gasteiger partial charge in [-0.2, -0.15) is 0 Å². The standard InChI is InChI=1S/C13H18Cl2N4O2/c1-18(8-12(16)20)6-10-7-19(2-3-21-10)13-11(15)4-9(14)5-17-13/h4-5,10H,2-3,6-8H2,1H3,(H2,16,20)/t10-/m1/s1. The Morgan fingerprint density at radius 1 is 1.62 bits per heavy atom. The van der Waals surface area contributed by atoms with E-state index in [0.717, 1.165) is 0 Å². The van der Waals surface area contributed by atoms with Crippen LogP contribution < -0.4 is 10.6 Å². The molecule has 6 nitrogen and oxygen atoms in total. The summed E-state index contributed by atoms with van der Waals surface area (Å²) in [6.45, 7) is 2.77. The molecule has 2 rings (SSSR count). The molecular formula is C13H18Cl2N4O2. The number of carbonyl (C=O) groups excluding carboxylic acids is 1. The van der Waals surface area contributed by atoms with Crippen LogP contribution in [-0.2, 0) is 9.53 Å². The van der Waals surface area contributed by atoms with Crippen molar-refractivity contribution in [3.05, 3.63) is 22.3 Å². The molecule has 1 aliphatic heterocycles. The number of likely N-dealkylation sites (N-methyl/N-ethyl adjacent to an activating group) is 1. The van der Waals surface area contributed by atoms with E-state index in [1.165, 1.54) is 0 Å².